The van der Waals surface area contributed by atoms with Gasteiger partial charge in [0.05, 0.1) is 0 Å². The van der Waals surface area contributed by atoms with E-state index in [9.17, 15) is 22.4 Å². The molecular weight excluding hydrogens is 336 g/mol. The van der Waals surface area contributed by atoms with E-state index >= 15 is 0 Å². The number of rotatable bonds is 2. The maximum atomic E-state index is 13.8. The van der Waals surface area contributed by atoms with Gasteiger partial charge in [-0.1, -0.05) is 19.1 Å². The fraction of sp³-hybridized carbons (Fsp3) is 0.308. The van der Waals surface area contributed by atoms with Crippen molar-refractivity contribution in [1.82, 2.24) is 20.1 Å². The van der Waals surface area contributed by atoms with Crippen LogP contribution in [0.2, 0.25) is 0 Å². The van der Waals surface area contributed by atoms with Crippen LogP contribution in [-0.2, 0) is 11.3 Å². The topological polar surface area (TPSA) is 59.8 Å². The molecule has 2 aromatic rings. The van der Waals surface area contributed by atoms with Crippen molar-refractivity contribution in [3.8, 4) is 0 Å². The van der Waals surface area contributed by atoms with Crippen molar-refractivity contribution < 1.29 is 22.4 Å². The van der Waals surface area contributed by atoms with Crippen LogP contribution in [0.1, 0.15) is 18.3 Å². The number of alkyl halides is 3. The number of thioether (sulfide) groups is 1. The molecule has 0 fully saturated rings. The minimum absolute atomic E-state index is 0.160. The lowest BCUT2D eigenvalue weighted by Gasteiger charge is -2.37. The lowest BCUT2D eigenvalue weighted by atomic mass is 10.1. The van der Waals surface area contributed by atoms with Crippen molar-refractivity contribution in [2.75, 3.05) is 0 Å². The second-order valence-electron chi connectivity index (χ2n) is 4.79. The van der Waals surface area contributed by atoms with E-state index < -0.39 is 22.9 Å². The quantitative estimate of drug-likeness (QED) is 0.849. The Labute approximate surface area is 132 Å². The van der Waals surface area contributed by atoms with Gasteiger partial charge in [0.25, 0.3) is 0 Å². The molecule has 0 radical (unpaired) electrons. The minimum Gasteiger partial charge on any atom is -0.309 e. The molecule has 5 nitrogen and oxygen atoms in total. The number of aryl methyl sites for hydroxylation is 1. The van der Waals surface area contributed by atoms with E-state index in [0.29, 0.717) is 18.2 Å². The normalized spacial score (nSPS) is 21.0. The first-order chi connectivity index (χ1) is 10.8. The summed E-state index contributed by atoms with van der Waals surface area (Å²) in [5.41, 5.74) is -0.294. The third kappa shape index (κ3) is 2.46. The molecule has 1 atom stereocenters. The number of nitrogens with one attached hydrogen (secondary N) is 1. The van der Waals surface area contributed by atoms with E-state index in [0.717, 1.165) is 28.9 Å². The maximum absolute atomic E-state index is 13.8. The molecule has 0 spiro atoms. The number of fused-ring (bicyclic) bond motifs is 1. The van der Waals surface area contributed by atoms with Crippen molar-refractivity contribution in [1.29, 1.82) is 0 Å². The molecule has 2 heterocycles. The van der Waals surface area contributed by atoms with Crippen LogP contribution in [0.15, 0.2) is 29.4 Å². The molecule has 1 N–H and O–H groups in total. The van der Waals surface area contributed by atoms with Crippen LogP contribution in [0.5, 0.6) is 0 Å². The number of aromatic nitrogens is 3. The molecule has 1 amide bonds. The van der Waals surface area contributed by atoms with Crippen molar-refractivity contribution >= 4 is 17.8 Å². The molecule has 3 rings (SSSR count). The third-order valence-corrected chi connectivity index (χ3v) is 4.63. The number of hydrogen-bond donors (Lipinski definition) is 1. The molecule has 122 valence electrons. The van der Waals surface area contributed by atoms with Crippen molar-refractivity contribution in [2.45, 2.75) is 29.5 Å². The number of carbonyl (C=O) groups is 1. The molecular formula is C13H10F4N4OS. The number of benzene rings is 1. The summed E-state index contributed by atoms with van der Waals surface area (Å²) >= 11 is 0.320. The van der Waals surface area contributed by atoms with Gasteiger partial charge in [-0.05, 0) is 29.5 Å². The average molecular weight is 346 g/mol. The summed E-state index contributed by atoms with van der Waals surface area (Å²) in [5, 5.41) is 5.63. The minimum atomic E-state index is -4.82. The summed E-state index contributed by atoms with van der Waals surface area (Å²) in [7, 11) is 0. The summed E-state index contributed by atoms with van der Waals surface area (Å²) in [6.45, 7) is 1.72. The van der Waals surface area contributed by atoms with Crippen LogP contribution in [-0.4, -0.2) is 27.0 Å². The molecule has 10 heteroatoms. The zero-order valence-corrected chi connectivity index (χ0v) is 12.5. The summed E-state index contributed by atoms with van der Waals surface area (Å²) in [5.74, 6) is -0.408. The van der Waals surface area contributed by atoms with Gasteiger partial charge in [0.2, 0.25) is 4.87 Å². The number of amides is 1. The zero-order chi connectivity index (χ0) is 16.8. The van der Waals surface area contributed by atoms with Crippen LogP contribution in [0.3, 0.4) is 0 Å². The van der Waals surface area contributed by atoms with Crippen LogP contribution >= 0.6 is 11.8 Å². The molecule has 0 bridgehead atoms. The monoisotopic (exact) mass is 346 g/mol. The van der Waals surface area contributed by atoms with E-state index in [1.807, 2.05) is 5.32 Å². The SMILES string of the molecule is CCc1nc2n(n1)C(=O)N[C@](c1ccc(F)cc1)(C(F)(F)F)S2. The molecule has 23 heavy (non-hydrogen) atoms. The van der Waals surface area contributed by atoms with Gasteiger partial charge in [0.1, 0.15) is 5.82 Å². The van der Waals surface area contributed by atoms with Gasteiger partial charge in [0, 0.05) is 6.42 Å². The van der Waals surface area contributed by atoms with Gasteiger partial charge in [-0.3, -0.25) is 0 Å². The smallest absolute Gasteiger partial charge is 0.309 e. The largest absolute Gasteiger partial charge is 0.425 e. The van der Waals surface area contributed by atoms with E-state index in [2.05, 4.69) is 10.1 Å². The Balaban J connectivity index is 2.15. The average Bonchev–Trinajstić information content (AvgIpc) is 2.90. The van der Waals surface area contributed by atoms with Gasteiger partial charge in [-0.2, -0.15) is 17.9 Å². The Morgan fingerprint density at radius 1 is 1.30 bits per heavy atom. The van der Waals surface area contributed by atoms with E-state index in [-0.39, 0.29) is 16.5 Å². The van der Waals surface area contributed by atoms with Gasteiger partial charge in [-0.15, -0.1) is 5.10 Å². The molecule has 1 aromatic heterocycles. The first-order valence-corrected chi connectivity index (χ1v) is 7.38. The molecule has 0 saturated heterocycles. The van der Waals surface area contributed by atoms with Crippen LogP contribution in [0.4, 0.5) is 22.4 Å². The number of nitrogens with zero attached hydrogens (tertiary/aromatic N) is 3. The van der Waals surface area contributed by atoms with Crippen molar-refractivity contribution in [3.63, 3.8) is 0 Å². The first kappa shape index (κ1) is 15.8. The first-order valence-electron chi connectivity index (χ1n) is 6.57. The number of hydrogen-bond acceptors (Lipinski definition) is 4. The highest BCUT2D eigenvalue weighted by Crippen LogP contribution is 2.51. The van der Waals surface area contributed by atoms with Gasteiger partial charge < -0.3 is 5.32 Å². The fourth-order valence-corrected chi connectivity index (χ4v) is 3.30. The Morgan fingerprint density at radius 3 is 2.52 bits per heavy atom. The van der Waals surface area contributed by atoms with E-state index in [1.54, 1.807) is 6.92 Å². The van der Waals surface area contributed by atoms with Crippen molar-refractivity contribution in [2.24, 2.45) is 0 Å². The zero-order valence-electron chi connectivity index (χ0n) is 11.7. The van der Waals surface area contributed by atoms with E-state index in [4.69, 9.17) is 0 Å². The number of halogens is 4. The maximum Gasteiger partial charge on any atom is 0.425 e. The van der Waals surface area contributed by atoms with Gasteiger partial charge >= 0.3 is 12.2 Å². The molecule has 0 aliphatic carbocycles. The summed E-state index contributed by atoms with van der Waals surface area (Å²) in [6.07, 6.45) is -4.45. The summed E-state index contributed by atoms with van der Waals surface area (Å²) in [6, 6.07) is 2.76. The highest BCUT2D eigenvalue weighted by atomic mass is 32.2. The lowest BCUT2D eigenvalue weighted by Crippen LogP contribution is -2.57. The Hall–Kier alpha value is -2.10. The van der Waals surface area contributed by atoms with Gasteiger partial charge in [-0.25, -0.2) is 14.2 Å². The second-order valence-corrected chi connectivity index (χ2v) is 5.98. The van der Waals surface area contributed by atoms with Crippen molar-refractivity contribution in [3.05, 3.63) is 41.5 Å². The highest BCUT2D eigenvalue weighted by Gasteiger charge is 2.61. The molecule has 0 unspecified atom stereocenters. The summed E-state index contributed by atoms with van der Waals surface area (Å²) < 4.78 is 55.1. The molecule has 1 aliphatic rings. The second kappa shape index (κ2) is 5.22. The molecule has 1 aromatic carbocycles. The van der Waals surface area contributed by atoms with Crippen LogP contribution < -0.4 is 5.32 Å². The predicted octanol–water partition coefficient (Wildman–Crippen LogP) is 3.06. The standard InChI is InChI=1S/C13H10F4N4OS/c1-2-9-18-11-21(20-9)10(22)19-12(23-11,13(15,16)17)7-3-5-8(14)6-4-7/h3-6H,2H2,1H3,(H,19,22)/t12-/m0/s1. The highest BCUT2D eigenvalue weighted by molar-refractivity contribution is 8.00. The molecule has 1 aliphatic heterocycles. The Kier molecular flexibility index (Phi) is 3.58. The molecule has 0 saturated carbocycles. The Bertz CT molecular complexity index is 758. The predicted molar refractivity (Wildman–Crippen MR) is 73.3 cm³/mol. The van der Waals surface area contributed by atoms with Crippen LogP contribution in [0, 0.1) is 5.82 Å². The Morgan fingerprint density at radius 2 is 1.96 bits per heavy atom. The summed E-state index contributed by atoms with van der Waals surface area (Å²) in [4.78, 5) is 13.3. The van der Waals surface area contributed by atoms with Gasteiger partial charge in [0.15, 0.2) is 11.0 Å². The van der Waals surface area contributed by atoms with E-state index in [1.165, 1.54) is 0 Å². The van der Waals surface area contributed by atoms with Crippen LogP contribution in [0.25, 0.3) is 0 Å². The number of carbonyl (C=O) groups excluding carboxylic acids is 1. The fourth-order valence-electron chi connectivity index (χ4n) is 2.16. The third-order valence-electron chi connectivity index (χ3n) is 3.31. The lowest BCUT2D eigenvalue weighted by molar-refractivity contribution is -0.168.